The largest absolute Gasteiger partial charge is 0.490 e. The molecule has 0 bridgehead atoms. The first-order chi connectivity index (χ1) is 8.81. The Morgan fingerprint density at radius 3 is 2.83 bits per heavy atom. The van der Waals surface area contributed by atoms with Gasteiger partial charge in [0.05, 0.1) is 19.8 Å². The summed E-state index contributed by atoms with van der Waals surface area (Å²) in [5.41, 5.74) is 7.48. The highest BCUT2D eigenvalue weighted by Gasteiger charge is 2.15. The van der Waals surface area contributed by atoms with Gasteiger partial charge in [-0.25, -0.2) is 0 Å². The third kappa shape index (κ3) is 2.35. The molecule has 0 aliphatic rings. The van der Waals surface area contributed by atoms with Crippen molar-refractivity contribution < 1.29 is 13.9 Å². The molecule has 2 N–H and O–H groups in total. The second kappa shape index (κ2) is 5.89. The van der Waals surface area contributed by atoms with E-state index in [1.165, 1.54) is 0 Å². The van der Waals surface area contributed by atoms with E-state index < -0.39 is 0 Å². The fourth-order valence-corrected chi connectivity index (χ4v) is 1.99. The lowest BCUT2D eigenvalue weighted by Gasteiger charge is -2.04. The normalized spacial score (nSPS) is 11.1. The van der Waals surface area contributed by atoms with E-state index in [0.717, 1.165) is 34.5 Å². The number of hydrogen-bond donors (Lipinski definition) is 1. The van der Waals surface area contributed by atoms with E-state index in [4.69, 9.17) is 19.6 Å². The molecule has 0 radical (unpaired) electrons. The molecule has 1 aromatic heterocycles. The molecule has 0 spiro atoms. The average Bonchev–Trinajstić information content (AvgIpc) is 2.76. The SMILES string of the molecule is CCCOc1cccc2c(COC)c(CN)oc12. The lowest BCUT2D eigenvalue weighted by atomic mass is 10.1. The van der Waals surface area contributed by atoms with Gasteiger partial charge in [0.1, 0.15) is 5.76 Å². The maximum Gasteiger partial charge on any atom is 0.176 e. The smallest absolute Gasteiger partial charge is 0.176 e. The quantitative estimate of drug-likeness (QED) is 0.855. The van der Waals surface area contributed by atoms with Crippen LogP contribution in [0.3, 0.4) is 0 Å². The molecule has 4 nitrogen and oxygen atoms in total. The predicted octanol–water partition coefficient (Wildman–Crippen LogP) is 2.83. The highest BCUT2D eigenvalue weighted by atomic mass is 16.5. The van der Waals surface area contributed by atoms with Crippen molar-refractivity contribution in [3.8, 4) is 5.75 Å². The third-order valence-corrected chi connectivity index (χ3v) is 2.80. The fraction of sp³-hybridized carbons (Fsp3) is 0.429. The number of methoxy groups -OCH3 is 1. The summed E-state index contributed by atoms with van der Waals surface area (Å²) in [6.07, 6.45) is 0.964. The second-order valence-corrected chi connectivity index (χ2v) is 4.12. The van der Waals surface area contributed by atoms with Crippen molar-refractivity contribution in [2.75, 3.05) is 13.7 Å². The summed E-state index contributed by atoms with van der Waals surface area (Å²) in [6, 6.07) is 5.88. The number of para-hydroxylation sites is 1. The highest BCUT2D eigenvalue weighted by Crippen LogP contribution is 2.33. The van der Waals surface area contributed by atoms with Crippen LogP contribution in [0.2, 0.25) is 0 Å². The lowest BCUT2D eigenvalue weighted by molar-refractivity contribution is 0.184. The molecule has 0 fully saturated rings. The highest BCUT2D eigenvalue weighted by molar-refractivity contribution is 5.87. The van der Waals surface area contributed by atoms with Crippen molar-refractivity contribution in [1.29, 1.82) is 0 Å². The Bertz CT molecular complexity index is 519. The van der Waals surface area contributed by atoms with E-state index in [1.807, 2.05) is 18.2 Å². The van der Waals surface area contributed by atoms with Crippen LogP contribution in [0.5, 0.6) is 5.75 Å². The van der Waals surface area contributed by atoms with Crippen molar-refractivity contribution >= 4 is 11.0 Å². The van der Waals surface area contributed by atoms with Crippen molar-refractivity contribution in [1.82, 2.24) is 0 Å². The molecule has 0 atom stereocenters. The topological polar surface area (TPSA) is 57.6 Å². The van der Waals surface area contributed by atoms with E-state index in [9.17, 15) is 0 Å². The lowest BCUT2D eigenvalue weighted by Crippen LogP contribution is -1.99. The molecule has 0 saturated heterocycles. The molecular formula is C14H19NO3. The number of benzene rings is 1. The molecule has 2 aromatic rings. The first-order valence-corrected chi connectivity index (χ1v) is 6.16. The van der Waals surface area contributed by atoms with Gasteiger partial charge in [-0.15, -0.1) is 0 Å². The molecule has 98 valence electrons. The van der Waals surface area contributed by atoms with E-state index >= 15 is 0 Å². The summed E-state index contributed by atoms with van der Waals surface area (Å²) >= 11 is 0. The molecule has 0 amide bonds. The van der Waals surface area contributed by atoms with Crippen LogP contribution in [0.4, 0.5) is 0 Å². The standard InChI is InChI=1S/C14H19NO3/c1-3-7-17-12-6-4-5-10-11(9-16-2)13(8-15)18-14(10)12/h4-6H,3,7-9,15H2,1-2H3. The Balaban J connectivity index is 2.49. The van der Waals surface area contributed by atoms with E-state index in [0.29, 0.717) is 19.8 Å². The van der Waals surface area contributed by atoms with Crippen molar-refractivity contribution in [3.63, 3.8) is 0 Å². The number of rotatable bonds is 6. The fourth-order valence-electron chi connectivity index (χ4n) is 1.99. The molecule has 0 saturated carbocycles. The third-order valence-electron chi connectivity index (χ3n) is 2.80. The van der Waals surface area contributed by atoms with Gasteiger partial charge in [-0.1, -0.05) is 19.1 Å². The van der Waals surface area contributed by atoms with Gasteiger partial charge >= 0.3 is 0 Å². The Labute approximate surface area is 107 Å². The second-order valence-electron chi connectivity index (χ2n) is 4.12. The predicted molar refractivity (Wildman–Crippen MR) is 70.6 cm³/mol. The van der Waals surface area contributed by atoms with Gasteiger partial charge in [-0.05, 0) is 12.5 Å². The molecule has 0 aliphatic carbocycles. The number of hydrogen-bond acceptors (Lipinski definition) is 4. The summed E-state index contributed by atoms with van der Waals surface area (Å²) in [6.45, 7) is 3.61. The molecule has 18 heavy (non-hydrogen) atoms. The van der Waals surface area contributed by atoms with Gasteiger partial charge in [0.25, 0.3) is 0 Å². The van der Waals surface area contributed by atoms with Crippen LogP contribution >= 0.6 is 0 Å². The van der Waals surface area contributed by atoms with Crippen LogP contribution in [0.1, 0.15) is 24.7 Å². The van der Waals surface area contributed by atoms with Crippen LogP contribution in [-0.4, -0.2) is 13.7 Å². The first kappa shape index (κ1) is 12.9. The summed E-state index contributed by atoms with van der Waals surface area (Å²) in [5, 5.41) is 1.02. The maximum atomic E-state index is 5.80. The number of furan rings is 1. The van der Waals surface area contributed by atoms with E-state index in [-0.39, 0.29) is 0 Å². The molecule has 1 heterocycles. The Morgan fingerprint density at radius 1 is 1.33 bits per heavy atom. The van der Waals surface area contributed by atoms with Gasteiger partial charge in [0, 0.05) is 18.1 Å². The zero-order valence-corrected chi connectivity index (χ0v) is 10.9. The zero-order chi connectivity index (χ0) is 13.0. The molecule has 4 heteroatoms. The molecule has 0 unspecified atom stereocenters. The van der Waals surface area contributed by atoms with Gasteiger partial charge in [-0.2, -0.15) is 0 Å². The molecule has 2 rings (SSSR count). The van der Waals surface area contributed by atoms with Crippen molar-refractivity contribution in [2.45, 2.75) is 26.5 Å². The number of ether oxygens (including phenoxy) is 2. The van der Waals surface area contributed by atoms with E-state index in [1.54, 1.807) is 7.11 Å². The monoisotopic (exact) mass is 249 g/mol. The Hall–Kier alpha value is -1.52. The molecule has 0 aliphatic heterocycles. The van der Waals surface area contributed by atoms with Crippen molar-refractivity contribution in [2.24, 2.45) is 5.73 Å². The van der Waals surface area contributed by atoms with Crippen LogP contribution in [-0.2, 0) is 17.9 Å². The minimum atomic E-state index is 0.362. The van der Waals surface area contributed by atoms with Crippen LogP contribution in [0.25, 0.3) is 11.0 Å². The summed E-state index contributed by atoms with van der Waals surface area (Å²) in [5.74, 6) is 1.53. The maximum absolute atomic E-state index is 5.80. The van der Waals surface area contributed by atoms with Gasteiger partial charge in [0.2, 0.25) is 0 Å². The van der Waals surface area contributed by atoms with Gasteiger partial charge < -0.3 is 19.6 Å². The summed E-state index contributed by atoms with van der Waals surface area (Å²) < 4.78 is 16.7. The van der Waals surface area contributed by atoms with Gasteiger partial charge in [0.15, 0.2) is 11.3 Å². The molecule has 1 aromatic carbocycles. The van der Waals surface area contributed by atoms with Crippen LogP contribution in [0.15, 0.2) is 22.6 Å². The van der Waals surface area contributed by atoms with E-state index in [2.05, 4.69) is 6.92 Å². The zero-order valence-electron chi connectivity index (χ0n) is 10.9. The van der Waals surface area contributed by atoms with Gasteiger partial charge in [-0.3, -0.25) is 0 Å². The molecular weight excluding hydrogens is 230 g/mol. The Morgan fingerprint density at radius 2 is 2.17 bits per heavy atom. The summed E-state index contributed by atoms with van der Waals surface area (Å²) in [7, 11) is 1.66. The summed E-state index contributed by atoms with van der Waals surface area (Å²) in [4.78, 5) is 0. The first-order valence-electron chi connectivity index (χ1n) is 6.16. The van der Waals surface area contributed by atoms with Crippen LogP contribution < -0.4 is 10.5 Å². The minimum absolute atomic E-state index is 0.362. The van der Waals surface area contributed by atoms with Crippen LogP contribution in [0, 0.1) is 0 Å². The number of nitrogens with two attached hydrogens (primary N) is 1. The minimum Gasteiger partial charge on any atom is -0.490 e. The average molecular weight is 249 g/mol. The number of fused-ring (bicyclic) bond motifs is 1. The Kier molecular flexibility index (Phi) is 4.23. The van der Waals surface area contributed by atoms with Crippen molar-refractivity contribution in [3.05, 3.63) is 29.5 Å².